The van der Waals surface area contributed by atoms with Crippen LogP contribution in [0.1, 0.15) is 25.0 Å². The van der Waals surface area contributed by atoms with Gasteiger partial charge < -0.3 is 13.8 Å². The molecule has 0 aliphatic carbocycles. The number of hydrogen-bond donors (Lipinski definition) is 0. The van der Waals surface area contributed by atoms with Gasteiger partial charge in [-0.3, -0.25) is 0 Å². The standard InChI is InChI=1S/C21H19ClO7S/c1-21(2)19(14-6-10-16(11-7-14)30(3,25)26)18(20(24)28-21)13-4-8-15(9-5-13)27-12-17(23)29-22/h4-11H,12H2,1-3H3. The maximum absolute atomic E-state index is 12.7. The molecule has 7 nitrogen and oxygen atoms in total. The number of ether oxygens (including phenoxy) is 2. The number of rotatable bonds is 6. The molecule has 3 rings (SSSR count). The fourth-order valence-corrected chi connectivity index (χ4v) is 3.92. The van der Waals surface area contributed by atoms with Gasteiger partial charge in [0, 0.05) is 11.8 Å². The Morgan fingerprint density at radius 2 is 1.60 bits per heavy atom. The first-order valence-corrected chi connectivity index (χ1v) is 11.1. The lowest BCUT2D eigenvalue weighted by molar-refractivity contribution is -0.142. The third-order valence-corrected chi connectivity index (χ3v) is 5.86. The van der Waals surface area contributed by atoms with E-state index in [2.05, 4.69) is 4.29 Å². The average molecular weight is 451 g/mol. The largest absolute Gasteiger partial charge is 0.482 e. The summed E-state index contributed by atoms with van der Waals surface area (Å²) in [7, 11) is -3.34. The van der Waals surface area contributed by atoms with Crippen molar-refractivity contribution in [3.8, 4) is 5.75 Å². The zero-order valence-corrected chi connectivity index (χ0v) is 18.0. The summed E-state index contributed by atoms with van der Waals surface area (Å²) in [5.41, 5.74) is 1.39. The zero-order chi connectivity index (χ0) is 22.1. The maximum atomic E-state index is 12.7. The fraction of sp³-hybridized carbons (Fsp3) is 0.238. The summed E-state index contributed by atoms with van der Waals surface area (Å²) < 4.78 is 38.3. The molecule has 0 radical (unpaired) electrons. The van der Waals surface area contributed by atoms with Crippen LogP contribution in [0.4, 0.5) is 0 Å². The predicted octanol–water partition coefficient (Wildman–Crippen LogP) is 3.41. The van der Waals surface area contributed by atoms with Crippen LogP contribution in [-0.2, 0) is 28.5 Å². The van der Waals surface area contributed by atoms with E-state index in [1.165, 1.54) is 12.1 Å². The molecule has 2 aromatic carbocycles. The van der Waals surface area contributed by atoms with Gasteiger partial charge >= 0.3 is 11.9 Å². The highest BCUT2D eigenvalue weighted by Gasteiger charge is 2.41. The van der Waals surface area contributed by atoms with Crippen molar-refractivity contribution < 1.29 is 31.8 Å². The van der Waals surface area contributed by atoms with Gasteiger partial charge in [0.15, 0.2) is 16.4 Å². The number of cyclic esters (lactones) is 1. The quantitative estimate of drug-likeness (QED) is 0.622. The lowest BCUT2D eigenvalue weighted by Crippen LogP contribution is -2.22. The van der Waals surface area contributed by atoms with Crippen molar-refractivity contribution in [2.24, 2.45) is 0 Å². The molecule has 0 amide bonds. The smallest absolute Gasteiger partial charge is 0.362 e. The molecule has 0 unspecified atom stereocenters. The van der Waals surface area contributed by atoms with E-state index in [0.29, 0.717) is 28.0 Å². The maximum Gasteiger partial charge on any atom is 0.362 e. The minimum atomic E-state index is -3.34. The Hall–Kier alpha value is -2.84. The highest BCUT2D eigenvalue weighted by atomic mass is 35.5. The van der Waals surface area contributed by atoms with Crippen LogP contribution in [0.15, 0.2) is 53.4 Å². The van der Waals surface area contributed by atoms with Crippen LogP contribution in [0.5, 0.6) is 5.75 Å². The van der Waals surface area contributed by atoms with Gasteiger partial charge in [-0.05, 0) is 49.2 Å². The van der Waals surface area contributed by atoms with Crippen molar-refractivity contribution in [2.75, 3.05) is 12.9 Å². The molecule has 1 aliphatic heterocycles. The van der Waals surface area contributed by atoms with Crippen LogP contribution >= 0.6 is 11.9 Å². The number of carbonyl (C=O) groups excluding carboxylic acids is 2. The molecule has 2 aromatic rings. The Morgan fingerprint density at radius 1 is 1.03 bits per heavy atom. The number of carbonyl (C=O) groups is 2. The molecule has 30 heavy (non-hydrogen) atoms. The third-order valence-electron chi connectivity index (χ3n) is 4.56. The van der Waals surface area contributed by atoms with Crippen LogP contribution in [0, 0.1) is 0 Å². The molecule has 1 heterocycles. The summed E-state index contributed by atoms with van der Waals surface area (Å²) in [5.74, 6) is -0.822. The van der Waals surface area contributed by atoms with Crippen LogP contribution in [0.3, 0.4) is 0 Å². The van der Waals surface area contributed by atoms with Gasteiger partial charge in [-0.15, -0.1) is 0 Å². The first kappa shape index (κ1) is 21.9. The lowest BCUT2D eigenvalue weighted by Gasteiger charge is -2.21. The van der Waals surface area contributed by atoms with Crippen molar-refractivity contribution in [2.45, 2.75) is 24.3 Å². The topological polar surface area (TPSA) is 96.0 Å². The minimum Gasteiger partial charge on any atom is -0.482 e. The molecule has 0 fully saturated rings. The van der Waals surface area contributed by atoms with Crippen molar-refractivity contribution in [3.63, 3.8) is 0 Å². The van der Waals surface area contributed by atoms with Gasteiger partial charge in [-0.2, -0.15) is 0 Å². The molecule has 0 spiro atoms. The Morgan fingerprint density at radius 3 is 2.13 bits per heavy atom. The van der Waals surface area contributed by atoms with Crippen molar-refractivity contribution in [1.29, 1.82) is 0 Å². The van der Waals surface area contributed by atoms with Gasteiger partial charge in [0.25, 0.3) is 0 Å². The summed E-state index contributed by atoms with van der Waals surface area (Å²) in [6, 6.07) is 12.9. The highest BCUT2D eigenvalue weighted by Crippen LogP contribution is 2.44. The van der Waals surface area contributed by atoms with Crippen molar-refractivity contribution in [3.05, 3.63) is 59.7 Å². The second kappa shape index (κ2) is 8.12. The summed E-state index contributed by atoms with van der Waals surface area (Å²) >= 11 is 4.96. The summed E-state index contributed by atoms with van der Waals surface area (Å²) in [6.07, 6.45) is 1.13. The van der Waals surface area contributed by atoms with Crippen LogP contribution < -0.4 is 4.74 Å². The first-order valence-electron chi connectivity index (χ1n) is 8.86. The highest BCUT2D eigenvalue weighted by molar-refractivity contribution is 7.90. The van der Waals surface area contributed by atoms with Crippen molar-refractivity contribution >= 4 is 44.8 Å². The molecule has 0 saturated carbocycles. The summed E-state index contributed by atoms with van der Waals surface area (Å²) in [5, 5.41) is 0. The van der Waals surface area contributed by atoms with Gasteiger partial charge in [0.1, 0.15) is 23.2 Å². The van der Waals surface area contributed by atoms with Crippen molar-refractivity contribution in [1.82, 2.24) is 0 Å². The van der Waals surface area contributed by atoms with Crippen LogP contribution in [0.2, 0.25) is 0 Å². The average Bonchev–Trinajstić information content (AvgIpc) is 2.94. The SMILES string of the molecule is CC1(C)OC(=O)C(c2ccc(OCC(=O)OCl)cc2)=C1c1ccc(S(C)(=O)=O)cc1. The molecule has 0 aromatic heterocycles. The predicted molar refractivity (Wildman–Crippen MR) is 110 cm³/mol. The van der Waals surface area contributed by atoms with E-state index in [0.717, 1.165) is 6.26 Å². The molecule has 0 N–H and O–H groups in total. The van der Waals surface area contributed by atoms with Gasteiger partial charge in [0.2, 0.25) is 0 Å². The monoisotopic (exact) mass is 450 g/mol. The van der Waals surface area contributed by atoms with E-state index < -0.39 is 27.4 Å². The molecule has 0 bridgehead atoms. The number of halogens is 1. The minimum absolute atomic E-state index is 0.188. The van der Waals surface area contributed by atoms with Crippen LogP contribution in [-0.4, -0.2) is 38.8 Å². The van der Waals surface area contributed by atoms with E-state index in [1.807, 2.05) is 0 Å². The van der Waals surface area contributed by atoms with E-state index in [4.69, 9.17) is 21.3 Å². The molecule has 9 heteroatoms. The molecule has 1 aliphatic rings. The van der Waals surface area contributed by atoms with E-state index in [1.54, 1.807) is 50.2 Å². The number of sulfone groups is 1. The van der Waals surface area contributed by atoms with Crippen LogP contribution in [0.25, 0.3) is 11.1 Å². The van der Waals surface area contributed by atoms with E-state index in [-0.39, 0.29) is 11.5 Å². The van der Waals surface area contributed by atoms with Gasteiger partial charge in [-0.25, -0.2) is 18.0 Å². The number of esters is 1. The molecule has 0 atom stereocenters. The Bertz CT molecular complexity index is 1110. The summed E-state index contributed by atoms with van der Waals surface area (Å²) in [6.45, 7) is 3.19. The summed E-state index contributed by atoms with van der Waals surface area (Å²) in [4.78, 5) is 23.9. The second-order valence-electron chi connectivity index (χ2n) is 7.21. The normalized spacial score (nSPS) is 15.7. The zero-order valence-electron chi connectivity index (χ0n) is 16.5. The Kier molecular flexibility index (Phi) is 5.92. The number of hydrogen-bond acceptors (Lipinski definition) is 7. The molecule has 158 valence electrons. The van der Waals surface area contributed by atoms with Gasteiger partial charge in [-0.1, -0.05) is 24.3 Å². The van der Waals surface area contributed by atoms with Gasteiger partial charge in [0.05, 0.1) is 10.5 Å². The van der Waals surface area contributed by atoms with E-state index >= 15 is 0 Å². The third kappa shape index (κ3) is 4.49. The fourth-order valence-electron chi connectivity index (χ4n) is 3.24. The second-order valence-corrected chi connectivity index (χ2v) is 9.38. The molecular weight excluding hydrogens is 432 g/mol. The first-order chi connectivity index (χ1) is 14.0. The number of benzene rings is 2. The Labute approximate surface area is 179 Å². The van der Waals surface area contributed by atoms with E-state index in [9.17, 15) is 18.0 Å². The molecule has 0 saturated heterocycles. The lowest BCUT2D eigenvalue weighted by atomic mass is 9.87. The Balaban J connectivity index is 2.01. The molecular formula is C21H19ClO7S.